The molecule has 0 aliphatic rings. The van der Waals surface area contributed by atoms with E-state index in [-0.39, 0.29) is 0 Å². The second-order valence-electron chi connectivity index (χ2n) is 4.30. The predicted octanol–water partition coefficient (Wildman–Crippen LogP) is 2.48. The molecule has 0 aliphatic heterocycles. The quantitative estimate of drug-likeness (QED) is 0.790. The fraction of sp³-hybridized carbons (Fsp3) is 0.583. The molecule has 0 amide bonds. The first-order valence-electron chi connectivity index (χ1n) is 5.58. The Kier molecular flexibility index (Phi) is 5.38. The number of pyridine rings is 1. The van der Waals surface area contributed by atoms with E-state index in [4.69, 9.17) is 0 Å². The van der Waals surface area contributed by atoms with Gasteiger partial charge in [-0.25, -0.2) is 4.98 Å². The smallest absolute Gasteiger partial charge is 0.106 e. The van der Waals surface area contributed by atoms with Crippen molar-refractivity contribution in [3.05, 3.63) is 28.5 Å². The SMILES string of the molecule is CCCC(C)(O)CNCc1cccc(Br)n1. The molecule has 0 radical (unpaired) electrons. The van der Waals surface area contributed by atoms with Crippen LogP contribution in [0, 0.1) is 0 Å². The summed E-state index contributed by atoms with van der Waals surface area (Å²) in [5.74, 6) is 0. The number of nitrogens with one attached hydrogen (secondary N) is 1. The number of hydrogen-bond donors (Lipinski definition) is 2. The summed E-state index contributed by atoms with van der Waals surface area (Å²) in [4.78, 5) is 4.31. The van der Waals surface area contributed by atoms with Crippen molar-refractivity contribution in [3.63, 3.8) is 0 Å². The van der Waals surface area contributed by atoms with E-state index >= 15 is 0 Å². The summed E-state index contributed by atoms with van der Waals surface area (Å²) in [5.41, 5.74) is 0.350. The summed E-state index contributed by atoms with van der Waals surface area (Å²) in [6.45, 7) is 5.20. The van der Waals surface area contributed by atoms with Gasteiger partial charge in [0.15, 0.2) is 0 Å². The second-order valence-corrected chi connectivity index (χ2v) is 5.11. The summed E-state index contributed by atoms with van der Waals surface area (Å²) < 4.78 is 0.840. The van der Waals surface area contributed by atoms with Crippen LogP contribution >= 0.6 is 15.9 Å². The zero-order chi connectivity index (χ0) is 12.0. The third-order valence-electron chi connectivity index (χ3n) is 2.37. The lowest BCUT2D eigenvalue weighted by atomic mass is 10.0. The van der Waals surface area contributed by atoms with Crippen molar-refractivity contribution in [3.8, 4) is 0 Å². The standard InChI is InChI=1S/C12H19BrN2O/c1-3-7-12(2,16)9-14-8-10-5-4-6-11(13)15-10/h4-6,14,16H,3,7-9H2,1-2H3. The van der Waals surface area contributed by atoms with Crippen molar-refractivity contribution in [1.82, 2.24) is 10.3 Å². The molecule has 3 nitrogen and oxygen atoms in total. The van der Waals surface area contributed by atoms with E-state index in [1.165, 1.54) is 0 Å². The highest BCUT2D eigenvalue weighted by atomic mass is 79.9. The zero-order valence-corrected chi connectivity index (χ0v) is 11.4. The first-order valence-corrected chi connectivity index (χ1v) is 6.37. The molecule has 0 saturated carbocycles. The topological polar surface area (TPSA) is 45.1 Å². The van der Waals surface area contributed by atoms with Gasteiger partial charge in [-0.3, -0.25) is 0 Å². The maximum Gasteiger partial charge on any atom is 0.106 e. The average molecular weight is 287 g/mol. The molecule has 0 fully saturated rings. The molecule has 0 bridgehead atoms. The van der Waals surface area contributed by atoms with Gasteiger partial charge in [0.25, 0.3) is 0 Å². The molecule has 16 heavy (non-hydrogen) atoms. The van der Waals surface area contributed by atoms with Crippen molar-refractivity contribution in [2.45, 2.75) is 38.8 Å². The van der Waals surface area contributed by atoms with Crippen LogP contribution in [0.2, 0.25) is 0 Å². The summed E-state index contributed by atoms with van der Waals surface area (Å²) in [6, 6.07) is 5.82. The van der Waals surface area contributed by atoms with E-state index in [0.717, 1.165) is 23.1 Å². The Hall–Kier alpha value is -0.450. The summed E-state index contributed by atoms with van der Waals surface area (Å²) in [6.07, 6.45) is 1.80. The number of halogens is 1. The highest BCUT2D eigenvalue weighted by molar-refractivity contribution is 9.10. The predicted molar refractivity (Wildman–Crippen MR) is 69.2 cm³/mol. The van der Waals surface area contributed by atoms with Crippen LogP contribution in [-0.4, -0.2) is 22.2 Å². The molecular formula is C12H19BrN2O. The molecule has 1 atom stereocenters. The number of aromatic nitrogens is 1. The van der Waals surface area contributed by atoms with Gasteiger partial charge in [0.1, 0.15) is 4.60 Å². The maximum absolute atomic E-state index is 9.95. The molecule has 0 spiro atoms. The third kappa shape index (κ3) is 5.05. The molecule has 1 aromatic rings. The van der Waals surface area contributed by atoms with E-state index in [1.807, 2.05) is 25.1 Å². The number of hydrogen-bond acceptors (Lipinski definition) is 3. The summed E-state index contributed by atoms with van der Waals surface area (Å²) in [7, 11) is 0. The van der Waals surface area contributed by atoms with Crippen molar-refractivity contribution >= 4 is 15.9 Å². The van der Waals surface area contributed by atoms with Crippen LogP contribution in [0.5, 0.6) is 0 Å². The molecule has 1 heterocycles. The van der Waals surface area contributed by atoms with E-state index in [2.05, 4.69) is 33.2 Å². The van der Waals surface area contributed by atoms with Crippen LogP contribution in [-0.2, 0) is 6.54 Å². The summed E-state index contributed by atoms with van der Waals surface area (Å²) >= 11 is 3.33. The molecule has 1 unspecified atom stereocenters. The minimum Gasteiger partial charge on any atom is -0.389 e. The van der Waals surface area contributed by atoms with E-state index in [0.29, 0.717) is 13.1 Å². The van der Waals surface area contributed by atoms with Gasteiger partial charge < -0.3 is 10.4 Å². The van der Waals surface area contributed by atoms with Crippen molar-refractivity contribution in [2.24, 2.45) is 0 Å². The number of aliphatic hydroxyl groups is 1. The van der Waals surface area contributed by atoms with Gasteiger partial charge in [0.2, 0.25) is 0 Å². The van der Waals surface area contributed by atoms with Crippen LogP contribution in [0.3, 0.4) is 0 Å². The monoisotopic (exact) mass is 286 g/mol. The molecule has 0 aromatic carbocycles. The minimum atomic E-state index is -0.624. The lowest BCUT2D eigenvalue weighted by molar-refractivity contribution is 0.0497. The van der Waals surface area contributed by atoms with E-state index in [9.17, 15) is 5.11 Å². The van der Waals surface area contributed by atoms with Crippen molar-refractivity contribution in [2.75, 3.05) is 6.54 Å². The Morgan fingerprint density at radius 1 is 1.50 bits per heavy atom. The molecule has 1 rings (SSSR count). The van der Waals surface area contributed by atoms with Crippen LogP contribution in [0.1, 0.15) is 32.4 Å². The third-order valence-corrected chi connectivity index (χ3v) is 2.81. The Morgan fingerprint density at radius 3 is 2.88 bits per heavy atom. The van der Waals surface area contributed by atoms with Crippen LogP contribution in [0.15, 0.2) is 22.8 Å². The molecule has 0 saturated heterocycles. The molecule has 0 aliphatic carbocycles. The van der Waals surface area contributed by atoms with E-state index < -0.39 is 5.60 Å². The van der Waals surface area contributed by atoms with Crippen LogP contribution < -0.4 is 5.32 Å². The van der Waals surface area contributed by atoms with Gasteiger partial charge >= 0.3 is 0 Å². The van der Waals surface area contributed by atoms with Crippen LogP contribution in [0.4, 0.5) is 0 Å². The van der Waals surface area contributed by atoms with Gasteiger partial charge in [-0.15, -0.1) is 0 Å². The lowest BCUT2D eigenvalue weighted by Crippen LogP contribution is -2.37. The zero-order valence-electron chi connectivity index (χ0n) is 9.83. The first-order chi connectivity index (χ1) is 7.53. The number of rotatable bonds is 6. The van der Waals surface area contributed by atoms with Gasteiger partial charge in [-0.2, -0.15) is 0 Å². The molecular weight excluding hydrogens is 268 g/mol. The maximum atomic E-state index is 9.95. The first kappa shape index (κ1) is 13.6. The number of nitrogens with zero attached hydrogens (tertiary/aromatic N) is 1. The lowest BCUT2D eigenvalue weighted by Gasteiger charge is -2.22. The van der Waals surface area contributed by atoms with Crippen molar-refractivity contribution in [1.29, 1.82) is 0 Å². The Labute approximate surface area is 105 Å². The van der Waals surface area contributed by atoms with Gasteiger partial charge in [0.05, 0.1) is 11.3 Å². The molecule has 1 aromatic heterocycles. The van der Waals surface area contributed by atoms with Crippen LogP contribution in [0.25, 0.3) is 0 Å². The Balaban J connectivity index is 2.35. The van der Waals surface area contributed by atoms with Gasteiger partial charge in [-0.05, 0) is 41.4 Å². The summed E-state index contributed by atoms with van der Waals surface area (Å²) in [5, 5.41) is 13.2. The largest absolute Gasteiger partial charge is 0.389 e. The second kappa shape index (κ2) is 6.33. The van der Waals surface area contributed by atoms with Gasteiger partial charge in [0, 0.05) is 13.1 Å². The molecule has 4 heteroatoms. The fourth-order valence-electron chi connectivity index (χ4n) is 1.64. The molecule has 2 N–H and O–H groups in total. The normalized spacial score (nSPS) is 14.8. The minimum absolute atomic E-state index is 0.592. The highest BCUT2D eigenvalue weighted by Crippen LogP contribution is 2.10. The van der Waals surface area contributed by atoms with E-state index in [1.54, 1.807) is 0 Å². The average Bonchev–Trinajstić information content (AvgIpc) is 2.17. The fourth-order valence-corrected chi connectivity index (χ4v) is 2.02. The Morgan fingerprint density at radius 2 is 2.25 bits per heavy atom. The van der Waals surface area contributed by atoms with Crippen molar-refractivity contribution < 1.29 is 5.11 Å². The molecule has 90 valence electrons. The highest BCUT2D eigenvalue weighted by Gasteiger charge is 2.17. The Bertz CT molecular complexity index is 329. The van der Waals surface area contributed by atoms with Gasteiger partial charge in [-0.1, -0.05) is 19.4 Å².